The molecule has 3 unspecified atom stereocenters. The molecule has 2 heteroatoms. The molecule has 1 aliphatic carbocycles. The van der Waals surface area contributed by atoms with Crippen molar-refractivity contribution in [3.05, 3.63) is 71.5 Å². The lowest BCUT2D eigenvalue weighted by Gasteiger charge is -2.16. The van der Waals surface area contributed by atoms with E-state index in [1.54, 1.807) is 12.1 Å². The Labute approximate surface area is 119 Å². The molecule has 0 aromatic heterocycles. The van der Waals surface area contributed by atoms with Crippen LogP contribution in [0.25, 0.3) is 0 Å². The summed E-state index contributed by atoms with van der Waals surface area (Å²) in [6.45, 7) is 0. The van der Waals surface area contributed by atoms with E-state index in [2.05, 4.69) is 35.6 Å². The molecule has 1 nitrogen and oxygen atoms in total. The average molecular weight is 269 g/mol. The van der Waals surface area contributed by atoms with Gasteiger partial charge in [0.25, 0.3) is 0 Å². The SMILES string of the molecule is CNC(Cc1cccc(F)c1)C1CC1c1ccccc1. The molecule has 1 saturated carbocycles. The molecule has 1 aliphatic rings. The Kier molecular flexibility index (Phi) is 3.83. The van der Waals surface area contributed by atoms with E-state index < -0.39 is 0 Å². The monoisotopic (exact) mass is 269 g/mol. The largest absolute Gasteiger partial charge is 0.316 e. The van der Waals surface area contributed by atoms with Crippen LogP contribution in [0.1, 0.15) is 23.5 Å². The first-order valence-electron chi connectivity index (χ1n) is 7.24. The van der Waals surface area contributed by atoms with E-state index in [1.165, 1.54) is 18.1 Å². The highest BCUT2D eigenvalue weighted by Crippen LogP contribution is 2.49. The Balaban J connectivity index is 1.67. The molecule has 0 spiro atoms. The normalized spacial score (nSPS) is 22.5. The zero-order chi connectivity index (χ0) is 13.9. The van der Waals surface area contributed by atoms with Gasteiger partial charge in [0.2, 0.25) is 0 Å². The minimum Gasteiger partial charge on any atom is -0.316 e. The van der Waals surface area contributed by atoms with Crippen molar-refractivity contribution in [3.8, 4) is 0 Å². The highest BCUT2D eigenvalue weighted by atomic mass is 19.1. The van der Waals surface area contributed by atoms with Crippen LogP contribution in [0.5, 0.6) is 0 Å². The minimum absolute atomic E-state index is 0.146. The predicted molar refractivity (Wildman–Crippen MR) is 80.2 cm³/mol. The Morgan fingerprint density at radius 1 is 1.15 bits per heavy atom. The summed E-state index contributed by atoms with van der Waals surface area (Å²) < 4.78 is 13.3. The standard InChI is InChI=1S/C18H20FN/c1-20-18(11-13-6-5-9-15(19)10-13)17-12-16(17)14-7-3-2-4-8-14/h2-10,16-18,20H,11-12H2,1H3. The van der Waals surface area contributed by atoms with Crippen LogP contribution in [-0.4, -0.2) is 13.1 Å². The molecule has 0 bridgehead atoms. The van der Waals surface area contributed by atoms with Gasteiger partial charge in [-0.3, -0.25) is 0 Å². The molecule has 0 radical (unpaired) electrons. The van der Waals surface area contributed by atoms with Crippen LogP contribution >= 0.6 is 0 Å². The van der Waals surface area contributed by atoms with E-state index in [1.807, 2.05) is 13.1 Å². The first kappa shape index (κ1) is 13.3. The Morgan fingerprint density at radius 2 is 1.95 bits per heavy atom. The first-order valence-corrected chi connectivity index (χ1v) is 7.24. The maximum absolute atomic E-state index is 13.3. The lowest BCUT2D eigenvalue weighted by Crippen LogP contribution is -2.30. The maximum Gasteiger partial charge on any atom is 0.123 e. The molecular formula is C18H20FN. The summed E-state index contributed by atoms with van der Waals surface area (Å²) >= 11 is 0. The van der Waals surface area contributed by atoms with Gasteiger partial charge in [0, 0.05) is 6.04 Å². The molecule has 0 aliphatic heterocycles. The zero-order valence-corrected chi connectivity index (χ0v) is 11.7. The fourth-order valence-electron chi connectivity index (χ4n) is 3.13. The minimum atomic E-state index is -0.146. The molecule has 0 amide bonds. The third-order valence-electron chi connectivity index (χ3n) is 4.30. The van der Waals surface area contributed by atoms with Gasteiger partial charge in [-0.05, 0) is 55.0 Å². The summed E-state index contributed by atoms with van der Waals surface area (Å²) in [6.07, 6.45) is 2.12. The van der Waals surface area contributed by atoms with E-state index in [9.17, 15) is 4.39 Å². The summed E-state index contributed by atoms with van der Waals surface area (Å²) in [5.41, 5.74) is 2.50. The van der Waals surface area contributed by atoms with Gasteiger partial charge in [-0.2, -0.15) is 0 Å². The second kappa shape index (κ2) is 5.76. The van der Waals surface area contributed by atoms with Crippen LogP contribution < -0.4 is 5.32 Å². The van der Waals surface area contributed by atoms with Crippen LogP contribution in [0.15, 0.2) is 54.6 Å². The van der Waals surface area contributed by atoms with Gasteiger partial charge < -0.3 is 5.32 Å². The molecule has 20 heavy (non-hydrogen) atoms. The molecule has 1 N–H and O–H groups in total. The molecule has 104 valence electrons. The highest BCUT2D eigenvalue weighted by Gasteiger charge is 2.42. The summed E-state index contributed by atoms with van der Waals surface area (Å²) in [7, 11) is 2.00. The Bertz CT molecular complexity index is 567. The smallest absolute Gasteiger partial charge is 0.123 e. The Morgan fingerprint density at radius 3 is 2.65 bits per heavy atom. The second-order valence-corrected chi connectivity index (χ2v) is 5.65. The molecule has 3 rings (SSSR count). The first-order chi connectivity index (χ1) is 9.78. The number of benzene rings is 2. The highest BCUT2D eigenvalue weighted by molar-refractivity contribution is 5.28. The number of likely N-dealkylation sites (N-methyl/N-ethyl adjacent to an activating group) is 1. The molecule has 3 atom stereocenters. The fraction of sp³-hybridized carbons (Fsp3) is 0.333. The van der Waals surface area contributed by atoms with E-state index in [0.717, 1.165) is 12.0 Å². The van der Waals surface area contributed by atoms with E-state index in [0.29, 0.717) is 17.9 Å². The summed E-state index contributed by atoms with van der Waals surface area (Å²) in [5, 5.41) is 3.41. The number of halogens is 1. The van der Waals surface area contributed by atoms with Crippen molar-refractivity contribution in [2.45, 2.75) is 24.8 Å². The third-order valence-corrected chi connectivity index (χ3v) is 4.30. The predicted octanol–water partition coefficient (Wildman–Crippen LogP) is 3.76. The van der Waals surface area contributed by atoms with Crippen molar-refractivity contribution < 1.29 is 4.39 Å². The van der Waals surface area contributed by atoms with Crippen molar-refractivity contribution >= 4 is 0 Å². The summed E-state index contributed by atoms with van der Waals surface area (Å²) in [4.78, 5) is 0. The van der Waals surface area contributed by atoms with Crippen molar-refractivity contribution in [1.29, 1.82) is 0 Å². The van der Waals surface area contributed by atoms with Crippen LogP contribution in [0, 0.1) is 11.7 Å². The summed E-state index contributed by atoms with van der Waals surface area (Å²) in [6, 6.07) is 18.0. The van der Waals surface area contributed by atoms with Crippen molar-refractivity contribution in [3.63, 3.8) is 0 Å². The van der Waals surface area contributed by atoms with Gasteiger partial charge in [0.15, 0.2) is 0 Å². The Hall–Kier alpha value is -1.67. The molecule has 2 aromatic rings. The van der Waals surface area contributed by atoms with Crippen LogP contribution in [0.3, 0.4) is 0 Å². The second-order valence-electron chi connectivity index (χ2n) is 5.65. The molecule has 2 aromatic carbocycles. The van der Waals surface area contributed by atoms with E-state index in [4.69, 9.17) is 0 Å². The number of nitrogens with one attached hydrogen (secondary N) is 1. The van der Waals surface area contributed by atoms with Gasteiger partial charge in [0.1, 0.15) is 5.82 Å². The number of rotatable bonds is 5. The molecule has 1 fully saturated rings. The van der Waals surface area contributed by atoms with Gasteiger partial charge in [-0.15, -0.1) is 0 Å². The maximum atomic E-state index is 13.3. The van der Waals surface area contributed by atoms with Crippen molar-refractivity contribution in [1.82, 2.24) is 5.32 Å². The molecular weight excluding hydrogens is 249 g/mol. The van der Waals surface area contributed by atoms with Gasteiger partial charge >= 0.3 is 0 Å². The van der Waals surface area contributed by atoms with Crippen LogP contribution in [-0.2, 0) is 6.42 Å². The number of hydrogen-bond acceptors (Lipinski definition) is 1. The topological polar surface area (TPSA) is 12.0 Å². The van der Waals surface area contributed by atoms with Crippen LogP contribution in [0.2, 0.25) is 0 Å². The molecule has 0 heterocycles. The average Bonchev–Trinajstić information content (AvgIpc) is 3.26. The lowest BCUT2D eigenvalue weighted by atomic mass is 9.99. The number of hydrogen-bond donors (Lipinski definition) is 1. The van der Waals surface area contributed by atoms with Gasteiger partial charge in [0.05, 0.1) is 0 Å². The third kappa shape index (κ3) is 2.91. The van der Waals surface area contributed by atoms with E-state index >= 15 is 0 Å². The van der Waals surface area contributed by atoms with Crippen molar-refractivity contribution in [2.24, 2.45) is 5.92 Å². The van der Waals surface area contributed by atoms with Gasteiger partial charge in [-0.25, -0.2) is 4.39 Å². The van der Waals surface area contributed by atoms with Gasteiger partial charge in [-0.1, -0.05) is 42.5 Å². The quantitative estimate of drug-likeness (QED) is 0.871. The van der Waals surface area contributed by atoms with Crippen LogP contribution in [0.4, 0.5) is 4.39 Å². The zero-order valence-electron chi connectivity index (χ0n) is 11.7. The van der Waals surface area contributed by atoms with E-state index in [-0.39, 0.29) is 5.82 Å². The van der Waals surface area contributed by atoms with Crippen molar-refractivity contribution in [2.75, 3.05) is 7.05 Å². The fourth-order valence-corrected chi connectivity index (χ4v) is 3.13. The molecule has 0 saturated heterocycles. The summed E-state index contributed by atoms with van der Waals surface area (Å²) in [5.74, 6) is 1.17. The lowest BCUT2D eigenvalue weighted by molar-refractivity contribution is 0.489.